The van der Waals surface area contributed by atoms with Gasteiger partial charge in [-0.15, -0.1) is 0 Å². The first-order valence-electron chi connectivity index (χ1n) is 7.59. The molecular weight excluding hydrogens is 269 g/mol. The number of anilines is 1. The maximum atomic E-state index is 13.2. The van der Waals surface area contributed by atoms with Crippen LogP contribution in [0.5, 0.6) is 0 Å². The van der Waals surface area contributed by atoms with Gasteiger partial charge in [-0.2, -0.15) is 0 Å². The van der Waals surface area contributed by atoms with Gasteiger partial charge in [0.2, 0.25) is 0 Å². The van der Waals surface area contributed by atoms with Gasteiger partial charge in [-0.25, -0.2) is 4.39 Å². The number of carbonyl (C=O) groups is 1. The van der Waals surface area contributed by atoms with E-state index in [4.69, 9.17) is 5.73 Å². The molecule has 0 aromatic heterocycles. The molecule has 2 atom stereocenters. The highest BCUT2D eigenvalue weighted by Gasteiger charge is 2.38. The van der Waals surface area contributed by atoms with E-state index < -0.39 is 5.82 Å². The summed E-state index contributed by atoms with van der Waals surface area (Å²) in [6.45, 7) is 0.648. The number of benzene rings is 1. The minimum absolute atomic E-state index is 0.228. The predicted octanol–water partition coefficient (Wildman–Crippen LogP) is 2.01. The molecule has 0 spiro atoms. The van der Waals surface area contributed by atoms with Crippen LogP contribution >= 0.6 is 0 Å². The smallest absolute Gasteiger partial charge is 0.253 e. The molecular formula is C16H22FN3O. The molecule has 3 N–H and O–H groups in total. The first-order valence-corrected chi connectivity index (χ1v) is 7.59. The molecule has 2 aliphatic rings. The summed E-state index contributed by atoms with van der Waals surface area (Å²) in [5.74, 6) is -0.206. The number of nitrogens with two attached hydrogens (primary N) is 1. The topological polar surface area (TPSA) is 58.4 Å². The minimum atomic E-state index is -0.438. The molecule has 114 valence electrons. The average Bonchev–Trinajstić information content (AvgIpc) is 2.69. The van der Waals surface area contributed by atoms with Crippen molar-refractivity contribution in [2.45, 2.75) is 37.8 Å². The van der Waals surface area contributed by atoms with Crippen molar-refractivity contribution >= 4 is 11.6 Å². The second-order valence-corrected chi connectivity index (χ2v) is 6.33. The van der Waals surface area contributed by atoms with Gasteiger partial charge in [-0.05, 0) is 56.8 Å². The Morgan fingerprint density at radius 2 is 2.05 bits per heavy atom. The Hall–Kier alpha value is -1.62. The van der Waals surface area contributed by atoms with Crippen LogP contribution in [0.4, 0.5) is 10.1 Å². The summed E-state index contributed by atoms with van der Waals surface area (Å²) in [5, 5.41) is 2.92. The molecule has 5 heteroatoms. The van der Waals surface area contributed by atoms with E-state index in [0.29, 0.717) is 30.2 Å². The number of carbonyl (C=O) groups excluding carboxylic acids is 1. The molecule has 2 aliphatic heterocycles. The highest BCUT2D eigenvalue weighted by atomic mass is 19.1. The Morgan fingerprint density at radius 3 is 2.71 bits per heavy atom. The Kier molecular flexibility index (Phi) is 3.85. The monoisotopic (exact) mass is 291 g/mol. The normalized spacial score (nSPS) is 28.6. The van der Waals surface area contributed by atoms with Gasteiger partial charge in [0.1, 0.15) is 5.82 Å². The van der Waals surface area contributed by atoms with E-state index in [9.17, 15) is 9.18 Å². The summed E-state index contributed by atoms with van der Waals surface area (Å²) in [6, 6.07) is 5.21. The summed E-state index contributed by atoms with van der Waals surface area (Å²) in [7, 11) is 2.20. The van der Waals surface area contributed by atoms with Crippen molar-refractivity contribution in [3.63, 3.8) is 0 Å². The maximum Gasteiger partial charge on any atom is 0.253 e. The van der Waals surface area contributed by atoms with Crippen molar-refractivity contribution in [1.82, 2.24) is 10.2 Å². The van der Waals surface area contributed by atoms with Crippen LogP contribution in [-0.2, 0) is 0 Å². The minimum Gasteiger partial charge on any atom is -0.398 e. The van der Waals surface area contributed by atoms with E-state index in [1.54, 1.807) is 0 Å². The van der Waals surface area contributed by atoms with E-state index in [0.717, 1.165) is 12.8 Å². The zero-order valence-electron chi connectivity index (χ0n) is 12.3. The number of rotatable bonds is 3. The summed E-state index contributed by atoms with van der Waals surface area (Å²) in [4.78, 5) is 14.6. The van der Waals surface area contributed by atoms with Crippen LogP contribution in [0, 0.1) is 11.7 Å². The maximum absolute atomic E-state index is 13.2. The number of nitrogen functional groups attached to an aromatic ring is 1. The molecule has 2 saturated heterocycles. The number of halogens is 1. The van der Waals surface area contributed by atoms with Gasteiger partial charge in [0.25, 0.3) is 5.91 Å². The van der Waals surface area contributed by atoms with E-state index in [1.165, 1.54) is 31.0 Å². The van der Waals surface area contributed by atoms with Gasteiger partial charge in [-0.3, -0.25) is 4.79 Å². The quantitative estimate of drug-likeness (QED) is 0.838. The molecule has 2 heterocycles. The molecule has 21 heavy (non-hydrogen) atoms. The first kappa shape index (κ1) is 14.3. The zero-order chi connectivity index (χ0) is 15.0. The SMILES string of the molecule is CN1C2CCC1CC(CNC(=O)c1cc(F)ccc1N)C2. The molecule has 1 aromatic rings. The van der Waals surface area contributed by atoms with Crippen molar-refractivity contribution in [2.75, 3.05) is 19.3 Å². The highest BCUT2D eigenvalue weighted by molar-refractivity contribution is 5.99. The highest BCUT2D eigenvalue weighted by Crippen LogP contribution is 2.37. The van der Waals surface area contributed by atoms with Gasteiger partial charge in [-0.1, -0.05) is 0 Å². The summed E-state index contributed by atoms with van der Waals surface area (Å²) in [6.07, 6.45) is 4.79. The Bertz CT molecular complexity index is 534. The molecule has 2 fully saturated rings. The second-order valence-electron chi connectivity index (χ2n) is 6.33. The van der Waals surface area contributed by atoms with Crippen LogP contribution in [0.25, 0.3) is 0 Å². The van der Waals surface area contributed by atoms with Crippen molar-refractivity contribution in [3.8, 4) is 0 Å². The Morgan fingerprint density at radius 1 is 1.38 bits per heavy atom. The Balaban J connectivity index is 1.58. The predicted molar refractivity (Wildman–Crippen MR) is 80.4 cm³/mol. The average molecular weight is 291 g/mol. The molecule has 1 amide bonds. The molecule has 2 bridgehead atoms. The fourth-order valence-corrected chi connectivity index (χ4v) is 3.75. The summed E-state index contributed by atoms with van der Waals surface area (Å²) in [5.41, 5.74) is 6.28. The van der Waals surface area contributed by atoms with Crippen molar-refractivity contribution < 1.29 is 9.18 Å². The first-order chi connectivity index (χ1) is 10.0. The zero-order valence-corrected chi connectivity index (χ0v) is 12.3. The number of nitrogens with one attached hydrogen (secondary N) is 1. The summed E-state index contributed by atoms with van der Waals surface area (Å²) < 4.78 is 13.2. The Labute approximate surface area is 124 Å². The number of hydrogen-bond donors (Lipinski definition) is 2. The van der Waals surface area contributed by atoms with Gasteiger partial charge in [0, 0.05) is 24.3 Å². The second kappa shape index (κ2) is 5.64. The van der Waals surface area contributed by atoms with Crippen LogP contribution in [0.1, 0.15) is 36.0 Å². The van der Waals surface area contributed by atoms with Crippen LogP contribution in [-0.4, -0.2) is 36.5 Å². The van der Waals surface area contributed by atoms with E-state index in [1.807, 2.05) is 0 Å². The molecule has 0 radical (unpaired) electrons. The molecule has 0 saturated carbocycles. The van der Waals surface area contributed by atoms with Gasteiger partial charge in [0.05, 0.1) is 5.56 Å². The number of nitrogens with zero attached hydrogens (tertiary/aromatic N) is 1. The molecule has 4 nitrogen and oxygen atoms in total. The van der Waals surface area contributed by atoms with Gasteiger partial charge in [0.15, 0.2) is 0 Å². The van der Waals surface area contributed by atoms with Crippen molar-refractivity contribution in [1.29, 1.82) is 0 Å². The fraction of sp³-hybridized carbons (Fsp3) is 0.562. The number of piperidine rings is 1. The van der Waals surface area contributed by atoms with E-state index in [2.05, 4.69) is 17.3 Å². The lowest BCUT2D eigenvalue weighted by molar-refractivity contribution is 0.0918. The van der Waals surface area contributed by atoms with Crippen molar-refractivity contribution in [3.05, 3.63) is 29.6 Å². The van der Waals surface area contributed by atoms with Crippen LogP contribution < -0.4 is 11.1 Å². The molecule has 2 unspecified atom stereocenters. The number of amides is 1. The van der Waals surface area contributed by atoms with Crippen molar-refractivity contribution in [2.24, 2.45) is 5.92 Å². The van der Waals surface area contributed by atoms with Crippen LogP contribution in [0.3, 0.4) is 0 Å². The van der Waals surface area contributed by atoms with Crippen LogP contribution in [0.15, 0.2) is 18.2 Å². The lowest BCUT2D eigenvalue weighted by Crippen LogP contribution is -2.43. The largest absolute Gasteiger partial charge is 0.398 e. The lowest BCUT2D eigenvalue weighted by Gasteiger charge is -2.36. The molecule has 0 aliphatic carbocycles. The van der Waals surface area contributed by atoms with E-state index >= 15 is 0 Å². The standard InChI is InChI=1S/C16H22FN3O/c1-20-12-3-4-13(20)7-10(6-12)9-19-16(21)14-8-11(17)2-5-15(14)18/h2,5,8,10,12-13H,3-4,6-7,9,18H2,1H3,(H,19,21). The van der Waals surface area contributed by atoms with Crippen LogP contribution in [0.2, 0.25) is 0 Å². The molecule has 1 aromatic carbocycles. The van der Waals surface area contributed by atoms with E-state index in [-0.39, 0.29) is 11.5 Å². The van der Waals surface area contributed by atoms with Gasteiger partial charge < -0.3 is 16.0 Å². The lowest BCUT2D eigenvalue weighted by atomic mass is 9.91. The third-order valence-electron chi connectivity index (χ3n) is 5.01. The third-order valence-corrected chi connectivity index (χ3v) is 5.01. The third kappa shape index (κ3) is 2.88. The fourth-order valence-electron chi connectivity index (χ4n) is 3.75. The number of fused-ring (bicyclic) bond motifs is 2. The van der Waals surface area contributed by atoms with Gasteiger partial charge >= 0.3 is 0 Å². The number of hydrogen-bond acceptors (Lipinski definition) is 3. The summed E-state index contributed by atoms with van der Waals surface area (Å²) >= 11 is 0. The molecule has 3 rings (SSSR count).